The predicted molar refractivity (Wildman–Crippen MR) is 161 cm³/mol. The first-order valence-corrected chi connectivity index (χ1v) is 14.9. The molecule has 1 unspecified atom stereocenters. The molecule has 3 rings (SSSR count). The molecule has 44 heavy (non-hydrogen) atoms. The van der Waals surface area contributed by atoms with Crippen LogP contribution in [-0.2, 0) is 4.79 Å². The van der Waals surface area contributed by atoms with Crippen molar-refractivity contribution in [2.24, 2.45) is 0 Å². The zero-order valence-corrected chi connectivity index (χ0v) is 26.3. The zero-order chi connectivity index (χ0) is 33.0. The molecule has 4 amide bonds. The highest BCUT2D eigenvalue weighted by Gasteiger charge is 2.36. The number of nitrogen functional groups attached to an aromatic ring is 1. The molecular formula is C27H43ClF3N9O4. The highest BCUT2D eigenvalue weighted by atomic mass is 35.5. The van der Waals surface area contributed by atoms with Crippen LogP contribution in [0.2, 0.25) is 5.15 Å². The van der Waals surface area contributed by atoms with E-state index in [1.165, 1.54) is 4.90 Å². The molecule has 3 heterocycles. The molecule has 2 aliphatic rings. The van der Waals surface area contributed by atoms with Crippen LogP contribution >= 0.6 is 11.6 Å². The van der Waals surface area contributed by atoms with Crippen molar-refractivity contribution in [1.29, 1.82) is 0 Å². The van der Waals surface area contributed by atoms with Gasteiger partial charge in [0.2, 0.25) is 5.91 Å². The highest BCUT2D eigenvalue weighted by Crippen LogP contribution is 2.30. The van der Waals surface area contributed by atoms with E-state index in [0.717, 1.165) is 6.42 Å². The van der Waals surface area contributed by atoms with Gasteiger partial charge < -0.3 is 36.6 Å². The molecule has 248 valence electrons. The minimum Gasteiger partial charge on any atom is -0.395 e. The fourth-order valence-electron chi connectivity index (χ4n) is 5.19. The van der Waals surface area contributed by atoms with Gasteiger partial charge in [0, 0.05) is 77.1 Å². The molecule has 0 aliphatic carbocycles. The number of piperazine rings is 1. The summed E-state index contributed by atoms with van der Waals surface area (Å²) < 4.78 is 38.4. The number of alkyl halides is 3. The standard InChI is InChI=1S/C24H35ClF3N7O3.C3H8N2O/c1-3-15(13-24(26,27)28)23(38)33-8-5-17(6-9-33)35-11-10-34(14-16(35)4-2)21-19(25)31-18(20(29)32-21)22(37)30-7-12-36;1-4-3(6)5-2/h13,16-17,36H,3-12,14H2,1-2H3,(H2,29,32)(H,30,37);1-2H3,(H2,4,5,6)/b15-13-;. The summed E-state index contributed by atoms with van der Waals surface area (Å²) in [5.41, 5.74) is 5.67. The predicted octanol–water partition coefficient (Wildman–Crippen LogP) is 1.77. The normalized spacial score (nSPS) is 18.3. The quantitative estimate of drug-likeness (QED) is 0.264. The lowest BCUT2D eigenvalue weighted by molar-refractivity contribution is -0.130. The molecule has 2 fully saturated rings. The summed E-state index contributed by atoms with van der Waals surface area (Å²) in [5, 5.41) is 16.2. The van der Waals surface area contributed by atoms with Gasteiger partial charge in [0.25, 0.3) is 5.91 Å². The average Bonchev–Trinajstić information content (AvgIpc) is 3.02. The van der Waals surface area contributed by atoms with E-state index in [1.54, 1.807) is 21.0 Å². The van der Waals surface area contributed by atoms with Crippen LogP contribution in [0, 0.1) is 0 Å². The number of carbonyl (C=O) groups is 3. The van der Waals surface area contributed by atoms with E-state index in [9.17, 15) is 27.6 Å². The molecule has 1 aromatic rings. The number of hydrogen-bond acceptors (Lipinski definition) is 9. The van der Waals surface area contributed by atoms with Crippen molar-refractivity contribution in [3.63, 3.8) is 0 Å². The molecule has 0 aromatic carbocycles. The monoisotopic (exact) mass is 649 g/mol. The first-order valence-electron chi connectivity index (χ1n) is 14.5. The summed E-state index contributed by atoms with van der Waals surface area (Å²) in [4.78, 5) is 49.2. The molecule has 0 bridgehead atoms. The number of nitrogens with one attached hydrogen (secondary N) is 3. The molecule has 17 heteroatoms. The number of anilines is 2. The number of urea groups is 1. The summed E-state index contributed by atoms with van der Waals surface area (Å²) in [6.45, 7) is 6.16. The number of aliphatic hydroxyl groups excluding tert-OH is 1. The van der Waals surface area contributed by atoms with Crippen LogP contribution in [-0.4, -0.2) is 121 Å². The Balaban J connectivity index is 0.00000102. The Kier molecular flexibility index (Phi) is 14.4. The summed E-state index contributed by atoms with van der Waals surface area (Å²) in [7, 11) is 3.14. The van der Waals surface area contributed by atoms with Crippen LogP contribution in [0.15, 0.2) is 11.6 Å². The van der Waals surface area contributed by atoms with E-state index in [2.05, 4.69) is 37.7 Å². The van der Waals surface area contributed by atoms with E-state index in [-0.39, 0.29) is 66.0 Å². The first-order chi connectivity index (χ1) is 20.8. The van der Waals surface area contributed by atoms with Crippen molar-refractivity contribution in [3.8, 4) is 0 Å². The second-order valence-electron chi connectivity index (χ2n) is 10.2. The van der Waals surface area contributed by atoms with E-state index in [4.69, 9.17) is 22.4 Å². The lowest BCUT2D eigenvalue weighted by Crippen LogP contribution is -2.59. The first kappa shape index (κ1) is 36.8. The number of rotatable bonds is 8. The number of amides is 4. The molecular weight excluding hydrogens is 607 g/mol. The Morgan fingerprint density at radius 3 is 2.23 bits per heavy atom. The minimum atomic E-state index is -4.52. The number of carbonyl (C=O) groups excluding carboxylic acids is 3. The SMILES string of the molecule is CC/C(=C/C(F)(F)F)C(=O)N1CCC(N2CCN(c3nc(N)c(C(=O)NCCO)nc3Cl)CC2CC)CC1.CNC(=O)NC. The highest BCUT2D eigenvalue weighted by molar-refractivity contribution is 6.32. The van der Waals surface area contributed by atoms with Gasteiger partial charge in [-0.3, -0.25) is 14.5 Å². The van der Waals surface area contributed by atoms with Gasteiger partial charge in [-0.2, -0.15) is 13.2 Å². The van der Waals surface area contributed by atoms with Gasteiger partial charge in [0.05, 0.1) is 6.61 Å². The number of aliphatic hydroxyl groups is 1. The number of piperidine rings is 1. The Morgan fingerprint density at radius 2 is 1.73 bits per heavy atom. The van der Waals surface area contributed by atoms with E-state index in [0.29, 0.717) is 51.4 Å². The third-order valence-electron chi connectivity index (χ3n) is 7.44. The smallest absolute Gasteiger partial charge is 0.395 e. The molecule has 0 spiro atoms. The number of allylic oxidation sites excluding steroid dienone is 1. The topological polar surface area (TPSA) is 169 Å². The van der Waals surface area contributed by atoms with Gasteiger partial charge in [-0.15, -0.1) is 0 Å². The van der Waals surface area contributed by atoms with Crippen LogP contribution in [0.3, 0.4) is 0 Å². The summed E-state index contributed by atoms with van der Waals surface area (Å²) >= 11 is 6.39. The Morgan fingerprint density at radius 1 is 1.09 bits per heavy atom. The summed E-state index contributed by atoms with van der Waals surface area (Å²) in [6.07, 6.45) is -2.18. The number of halogens is 4. The molecule has 6 N–H and O–H groups in total. The molecule has 2 aliphatic heterocycles. The number of hydrogen-bond donors (Lipinski definition) is 5. The van der Waals surface area contributed by atoms with Crippen LogP contribution in [0.25, 0.3) is 0 Å². The van der Waals surface area contributed by atoms with Gasteiger partial charge >= 0.3 is 12.2 Å². The Labute approximate surface area is 260 Å². The Hall–Kier alpha value is -3.37. The third kappa shape index (κ3) is 10.4. The number of nitrogens with two attached hydrogens (primary N) is 1. The zero-order valence-electron chi connectivity index (χ0n) is 25.5. The van der Waals surface area contributed by atoms with Crippen LogP contribution in [0.4, 0.5) is 29.6 Å². The molecule has 1 aromatic heterocycles. The van der Waals surface area contributed by atoms with Crippen LogP contribution < -0.4 is 26.6 Å². The fourth-order valence-corrected chi connectivity index (χ4v) is 5.43. The number of nitrogens with zero attached hydrogens (tertiary/aromatic N) is 5. The van der Waals surface area contributed by atoms with Crippen molar-refractivity contribution >= 4 is 41.1 Å². The van der Waals surface area contributed by atoms with Gasteiger partial charge in [-0.25, -0.2) is 14.8 Å². The lowest BCUT2D eigenvalue weighted by Gasteiger charge is -2.47. The minimum absolute atomic E-state index is 0.0302. The van der Waals surface area contributed by atoms with Gasteiger partial charge in [0.1, 0.15) is 0 Å². The second kappa shape index (κ2) is 17.2. The molecule has 0 radical (unpaired) electrons. The van der Waals surface area contributed by atoms with Crippen molar-refractivity contribution in [1.82, 2.24) is 35.7 Å². The maximum atomic E-state index is 12.8. The maximum absolute atomic E-state index is 12.8. The summed E-state index contributed by atoms with van der Waals surface area (Å²) in [6, 6.07) is 0.195. The number of aromatic nitrogens is 2. The van der Waals surface area contributed by atoms with Gasteiger partial charge in [-0.1, -0.05) is 25.4 Å². The maximum Gasteiger partial charge on any atom is 0.410 e. The number of likely N-dealkylation sites (tertiary alicyclic amines) is 1. The van der Waals surface area contributed by atoms with Gasteiger partial charge in [-0.05, 0) is 25.7 Å². The van der Waals surface area contributed by atoms with Gasteiger partial charge in [0.15, 0.2) is 22.5 Å². The largest absolute Gasteiger partial charge is 0.410 e. The lowest BCUT2D eigenvalue weighted by atomic mass is 9.97. The van der Waals surface area contributed by atoms with Crippen molar-refractivity contribution < 1.29 is 32.7 Å². The average molecular weight is 650 g/mol. The van der Waals surface area contributed by atoms with Crippen LogP contribution in [0.5, 0.6) is 0 Å². The van der Waals surface area contributed by atoms with Crippen molar-refractivity contribution in [2.75, 3.05) is 70.6 Å². The molecule has 1 atom stereocenters. The Bertz CT molecular complexity index is 1160. The third-order valence-corrected chi connectivity index (χ3v) is 7.70. The second-order valence-corrected chi connectivity index (χ2v) is 10.6. The van der Waals surface area contributed by atoms with Crippen molar-refractivity contribution in [3.05, 3.63) is 22.5 Å². The fraction of sp³-hybridized carbons (Fsp3) is 0.667. The molecule has 2 saturated heterocycles. The van der Waals surface area contributed by atoms with E-state index in [1.807, 2.05) is 4.90 Å². The molecule has 13 nitrogen and oxygen atoms in total. The van der Waals surface area contributed by atoms with E-state index < -0.39 is 18.0 Å². The van der Waals surface area contributed by atoms with Crippen molar-refractivity contribution in [2.45, 2.75) is 57.8 Å². The van der Waals surface area contributed by atoms with E-state index >= 15 is 0 Å². The summed E-state index contributed by atoms with van der Waals surface area (Å²) in [5.74, 6) is -0.777. The van der Waals surface area contributed by atoms with Crippen LogP contribution in [0.1, 0.15) is 50.0 Å². The molecule has 0 saturated carbocycles.